The third-order valence-corrected chi connectivity index (χ3v) is 6.84. The quantitative estimate of drug-likeness (QED) is 0.242. The fraction of sp³-hybridized carbons (Fsp3) is 0.519. The Labute approximate surface area is 232 Å². The Bertz CT molecular complexity index is 1130. The maximum absolute atomic E-state index is 13.4. The van der Waals surface area contributed by atoms with Gasteiger partial charge in [-0.3, -0.25) is 24.0 Å². The number of carbonyl (C=O) groups is 5. The Kier molecular flexibility index (Phi) is 9.95. The minimum Gasteiger partial charge on any atom is -0.356 e. The molecule has 2 unspecified atom stereocenters. The second-order valence-electron chi connectivity index (χ2n) is 11.0. The van der Waals surface area contributed by atoms with E-state index in [1.54, 1.807) is 18.2 Å². The zero-order chi connectivity index (χ0) is 28.0. The molecule has 1 aliphatic heterocycles. The first-order valence-electron chi connectivity index (χ1n) is 12.7. The van der Waals surface area contributed by atoms with Gasteiger partial charge < -0.3 is 21.3 Å². The Hall–Kier alpha value is -2.91. The Balaban J connectivity index is 1.74. The van der Waals surface area contributed by atoms with Crippen LogP contribution in [0.25, 0.3) is 6.08 Å². The molecule has 206 valence electrons. The molecule has 1 aliphatic carbocycles. The summed E-state index contributed by atoms with van der Waals surface area (Å²) in [5, 5.41) is 11.5. The van der Waals surface area contributed by atoms with Gasteiger partial charge in [0.15, 0.2) is 0 Å². The Morgan fingerprint density at radius 2 is 1.79 bits per heavy atom. The van der Waals surface area contributed by atoms with Crippen LogP contribution in [0.1, 0.15) is 58.4 Å². The summed E-state index contributed by atoms with van der Waals surface area (Å²) in [5.74, 6) is -3.45. The van der Waals surface area contributed by atoms with Crippen molar-refractivity contribution in [3.05, 3.63) is 39.9 Å². The van der Waals surface area contributed by atoms with Gasteiger partial charge in [0.25, 0.3) is 5.91 Å². The summed E-state index contributed by atoms with van der Waals surface area (Å²) in [6.07, 6.45) is 5.13. The molecule has 4 amide bonds. The number of carbonyl (C=O) groups excluding carboxylic acids is 5. The third-order valence-electron chi connectivity index (χ3n) is 6.28. The van der Waals surface area contributed by atoms with Gasteiger partial charge in [0.1, 0.15) is 6.04 Å². The van der Waals surface area contributed by atoms with Crippen molar-refractivity contribution < 1.29 is 24.0 Å². The average molecular weight is 565 g/mol. The van der Waals surface area contributed by atoms with Gasteiger partial charge in [0, 0.05) is 34.6 Å². The van der Waals surface area contributed by atoms with E-state index in [9.17, 15) is 24.0 Å². The number of ketones is 1. The lowest BCUT2D eigenvalue weighted by Gasteiger charge is -2.28. The molecule has 3 rings (SSSR count). The Morgan fingerprint density at radius 1 is 1.08 bits per heavy atom. The van der Waals surface area contributed by atoms with Crippen LogP contribution in [0.15, 0.2) is 24.3 Å². The zero-order valence-corrected chi connectivity index (χ0v) is 23.2. The molecule has 4 N–H and O–H groups in total. The van der Waals surface area contributed by atoms with Crippen molar-refractivity contribution in [1.82, 2.24) is 21.3 Å². The lowest BCUT2D eigenvalue weighted by Crippen LogP contribution is -2.55. The van der Waals surface area contributed by atoms with E-state index < -0.39 is 41.5 Å². The van der Waals surface area contributed by atoms with Crippen molar-refractivity contribution in [3.8, 4) is 0 Å². The normalized spacial score (nSPS) is 19.0. The SMILES string of the molecule is CC(C)(C)C[C@H](NC(=O)/C=C/c1ccc(Cl)cc1Cl)C(=O)NC(CC1CCNC1=O)C(=O)C(=O)NC1CC1. The molecule has 1 aromatic rings. The molecule has 1 heterocycles. The standard InChI is InChI=1S/C27H34Cl2N4O5/c1-27(2,3)14-21(32-22(34)9-5-15-4-6-17(28)13-19(15)29)25(37)33-20(12-16-10-11-30-24(16)36)23(35)26(38)31-18-7-8-18/h4-6,9,13,16,18,20-21H,7-8,10-12,14H2,1-3H3,(H,30,36)(H,31,38)(H,32,34)(H,33,37)/b9-5+/t16?,20?,21-/m0/s1. The highest BCUT2D eigenvalue weighted by molar-refractivity contribution is 6.38. The summed E-state index contributed by atoms with van der Waals surface area (Å²) < 4.78 is 0. The molecule has 0 spiro atoms. The third kappa shape index (κ3) is 9.13. The second-order valence-corrected chi connectivity index (χ2v) is 11.9. The number of nitrogens with one attached hydrogen (secondary N) is 4. The summed E-state index contributed by atoms with van der Waals surface area (Å²) in [6.45, 7) is 6.21. The number of amides is 4. The molecule has 0 bridgehead atoms. The van der Waals surface area contributed by atoms with Crippen molar-refractivity contribution in [2.24, 2.45) is 11.3 Å². The second kappa shape index (κ2) is 12.8. The minimum absolute atomic E-state index is 0.000351. The summed E-state index contributed by atoms with van der Waals surface area (Å²) in [7, 11) is 0. The Morgan fingerprint density at radius 3 is 2.37 bits per heavy atom. The molecule has 1 aromatic carbocycles. The van der Waals surface area contributed by atoms with E-state index in [4.69, 9.17) is 23.2 Å². The molecular weight excluding hydrogens is 531 g/mol. The van der Waals surface area contributed by atoms with Gasteiger partial charge in [0.2, 0.25) is 23.5 Å². The topological polar surface area (TPSA) is 133 Å². The van der Waals surface area contributed by atoms with Crippen molar-refractivity contribution in [2.75, 3.05) is 6.54 Å². The van der Waals surface area contributed by atoms with E-state index in [1.807, 2.05) is 20.8 Å². The smallest absolute Gasteiger partial charge is 0.289 e. The number of hydrogen-bond donors (Lipinski definition) is 4. The summed E-state index contributed by atoms with van der Waals surface area (Å²) in [5.41, 5.74) is 0.220. The van der Waals surface area contributed by atoms with Gasteiger partial charge in [-0.15, -0.1) is 0 Å². The molecule has 38 heavy (non-hydrogen) atoms. The monoisotopic (exact) mass is 564 g/mol. The van der Waals surface area contributed by atoms with Crippen molar-refractivity contribution in [3.63, 3.8) is 0 Å². The molecule has 1 saturated heterocycles. The average Bonchev–Trinajstić information content (AvgIpc) is 3.55. The van der Waals surface area contributed by atoms with Crippen LogP contribution in [0.4, 0.5) is 0 Å². The van der Waals surface area contributed by atoms with Crippen LogP contribution in [0.3, 0.4) is 0 Å². The maximum Gasteiger partial charge on any atom is 0.289 e. The van der Waals surface area contributed by atoms with Crippen molar-refractivity contribution in [2.45, 2.75) is 71.0 Å². The van der Waals surface area contributed by atoms with E-state index in [0.717, 1.165) is 12.8 Å². The highest BCUT2D eigenvalue weighted by Gasteiger charge is 2.37. The van der Waals surface area contributed by atoms with Gasteiger partial charge >= 0.3 is 0 Å². The predicted molar refractivity (Wildman–Crippen MR) is 145 cm³/mol. The lowest BCUT2D eigenvalue weighted by atomic mass is 9.87. The molecule has 3 atom stereocenters. The summed E-state index contributed by atoms with van der Waals surface area (Å²) in [6, 6.07) is 2.63. The van der Waals surface area contributed by atoms with E-state index in [2.05, 4.69) is 21.3 Å². The first-order valence-corrected chi connectivity index (χ1v) is 13.4. The van der Waals surface area contributed by atoms with E-state index in [1.165, 1.54) is 12.2 Å². The number of benzene rings is 1. The van der Waals surface area contributed by atoms with Crippen LogP contribution in [-0.4, -0.2) is 54.1 Å². The lowest BCUT2D eigenvalue weighted by molar-refractivity contribution is -0.141. The molecular formula is C27H34Cl2N4O5. The number of hydrogen-bond acceptors (Lipinski definition) is 5. The minimum atomic E-state index is -1.20. The van der Waals surface area contributed by atoms with Gasteiger partial charge in [-0.05, 0) is 61.3 Å². The first kappa shape index (κ1) is 29.6. The molecule has 2 fully saturated rings. The fourth-order valence-electron chi connectivity index (χ4n) is 4.14. The van der Waals surface area contributed by atoms with E-state index >= 15 is 0 Å². The predicted octanol–water partition coefficient (Wildman–Crippen LogP) is 2.79. The van der Waals surface area contributed by atoms with Crippen LogP contribution >= 0.6 is 23.2 Å². The summed E-state index contributed by atoms with van der Waals surface area (Å²) in [4.78, 5) is 63.8. The van der Waals surface area contributed by atoms with Crippen LogP contribution in [0.5, 0.6) is 0 Å². The molecule has 0 radical (unpaired) electrons. The molecule has 11 heteroatoms. The van der Waals surface area contributed by atoms with Crippen LogP contribution < -0.4 is 21.3 Å². The van der Waals surface area contributed by atoms with E-state index in [-0.39, 0.29) is 30.2 Å². The van der Waals surface area contributed by atoms with Crippen LogP contribution in [-0.2, 0) is 24.0 Å². The van der Waals surface area contributed by atoms with Gasteiger partial charge in [-0.2, -0.15) is 0 Å². The number of rotatable bonds is 11. The van der Waals surface area contributed by atoms with Gasteiger partial charge in [-0.1, -0.05) is 50.0 Å². The highest BCUT2D eigenvalue weighted by Crippen LogP contribution is 2.24. The highest BCUT2D eigenvalue weighted by atomic mass is 35.5. The molecule has 2 aliphatic rings. The van der Waals surface area contributed by atoms with Crippen LogP contribution in [0, 0.1) is 11.3 Å². The summed E-state index contributed by atoms with van der Waals surface area (Å²) >= 11 is 12.1. The molecule has 0 aromatic heterocycles. The van der Waals surface area contributed by atoms with Gasteiger partial charge in [-0.25, -0.2) is 0 Å². The number of Topliss-reactive ketones (excluding diaryl/α,β-unsaturated/α-hetero) is 1. The number of halogens is 2. The molecule has 9 nitrogen and oxygen atoms in total. The molecule has 1 saturated carbocycles. The van der Waals surface area contributed by atoms with Crippen molar-refractivity contribution in [1.29, 1.82) is 0 Å². The fourth-order valence-corrected chi connectivity index (χ4v) is 4.62. The first-order chi connectivity index (χ1) is 17.8. The van der Waals surface area contributed by atoms with E-state index in [0.29, 0.717) is 28.6 Å². The van der Waals surface area contributed by atoms with Crippen molar-refractivity contribution >= 4 is 58.7 Å². The maximum atomic E-state index is 13.4. The van der Waals surface area contributed by atoms with Crippen LogP contribution in [0.2, 0.25) is 10.0 Å². The largest absolute Gasteiger partial charge is 0.356 e. The van der Waals surface area contributed by atoms with Gasteiger partial charge in [0.05, 0.1) is 6.04 Å². The zero-order valence-electron chi connectivity index (χ0n) is 21.7.